The van der Waals surface area contributed by atoms with Gasteiger partial charge in [0.2, 0.25) is 0 Å². The van der Waals surface area contributed by atoms with Crippen molar-refractivity contribution in [2.75, 3.05) is 33.1 Å². The number of ether oxygens (including phenoxy) is 2. The molecule has 2 aromatic rings. The molecule has 1 heterocycles. The van der Waals surface area contributed by atoms with Crippen LogP contribution >= 0.6 is 0 Å². The summed E-state index contributed by atoms with van der Waals surface area (Å²) in [6.07, 6.45) is -1.55. The van der Waals surface area contributed by atoms with E-state index in [1.54, 1.807) is 14.2 Å². The number of rotatable bonds is 5. The predicted molar refractivity (Wildman–Crippen MR) is 123 cm³/mol. The van der Waals surface area contributed by atoms with Crippen LogP contribution in [0.15, 0.2) is 36.4 Å². The Balaban J connectivity index is 1.47. The molecule has 4 rings (SSSR count). The number of likely N-dealkylation sites (tertiary alicyclic amines) is 1. The van der Waals surface area contributed by atoms with Crippen LogP contribution in [0, 0.1) is 5.82 Å². The van der Waals surface area contributed by atoms with Crippen LogP contribution in [0.3, 0.4) is 0 Å². The van der Waals surface area contributed by atoms with Crippen LogP contribution in [0.5, 0.6) is 11.5 Å². The Morgan fingerprint density at radius 3 is 2.51 bits per heavy atom. The molecule has 6 nitrogen and oxygen atoms in total. The highest BCUT2D eigenvalue weighted by molar-refractivity contribution is 5.89. The molecule has 1 saturated carbocycles. The standard InChI is InChI=1S/C25H29F4N3O3/c1-32-9-8-24(15-4-5-20(34-2)21(12-15)35-3)7-6-18(14-22(24)32)30-23(33)31-19-11-16(25(27,28)29)10-17(26)13-19/h4-5,10-13,18,22H,6-9,14H2,1-3H3,(H2,30,31,33)/t18-,22+,24+/m0/s1. The first-order valence-corrected chi connectivity index (χ1v) is 11.4. The summed E-state index contributed by atoms with van der Waals surface area (Å²) in [4.78, 5) is 14.8. The van der Waals surface area contributed by atoms with Gasteiger partial charge in [-0.1, -0.05) is 6.07 Å². The number of methoxy groups -OCH3 is 2. The van der Waals surface area contributed by atoms with Crippen molar-refractivity contribution in [2.24, 2.45) is 0 Å². The number of carbonyl (C=O) groups excluding carboxylic acids is 1. The van der Waals surface area contributed by atoms with Gasteiger partial charge in [0, 0.05) is 23.2 Å². The minimum atomic E-state index is -4.71. The monoisotopic (exact) mass is 495 g/mol. The number of alkyl halides is 3. The largest absolute Gasteiger partial charge is 0.493 e. The maximum atomic E-state index is 13.7. The molecule has 2 aromatic carbocycles. The zero-order valence-corrected chi connectivity index (χ0v) is 19.8. The van der Waals surface area contributed by atoms with E-state index in [9.17, 15) is 22.4 Å². The summed E-state index contributed by atoms with van der Waals surface area (Å²) < 4.78 is 63.5. The number of fused-ring (bicyclic) bond motifs is 1. The molecule has 3 atom stereocenters. The van der Waals surface area contributed by atoms with Gasteiger partial charge in [0.05, 0.1) is 19.8 Å². The predicted octanol–water partition coefficient (Wildman–Crippen LogP) is 5.18. The lowest BCUT2D eigenvalue weighted by Crippen LogP contribution is -2.52. The Morgan fingerprint density at radius 2 is 1.83 bits per heavy atom. The third-order valence-electron chi connectivity index (χ3n) is 7.30. The van der Waals surface area contributed by atoms with Crippen molar-refractivity contribution < 1.29 is 31.8 Å². The summed E-state index contributed by atoms with van der Waals surface area (Å²) >= 11 is 0. The second kappa shape index (κ2) is 9.56. The fraction of sp³-hybridized carbons (Fsp3) is 0.480. The molecular formula is C25H29F4N3O3. The van der Waals surface area contributed by atoms with Crippen LogP contribution < -0.4 is 20.1 Å². The van der Waals surface area contributed by atoms with Crippen LogP contribution in [0.4, 0.5) is 28.0 Å². The third kappa shape index (κ3) is 5.03. The number of benzene rings is 2. The first-order chi connectivity index (χ1) is 16.6. The summed E-state index contributed by atoms with van der Waals surface area (Å²) in [5.41, 5.74) is -0.347. The minimum absolute atomic E-state index is 0.104. The van der Waals surface area contributed by atoms with Gasteiger partial charge >= 0.3 is 12.2 Å². The Hall–Kier alpha value is -3.01. The second-order valence-electron chi connectivity index (χ2n) is 9.27. The Bertz CT molecular complexity index is 1090. The van der Waals surface area contributed by atoms with Crippen molar-refractivity contribution in [3.05, 3.63) is 53.3 Å². The number of hydrogen-bond donors (Lipinski definition) is 2. The molecule has 1 aliphatic heterocycles. The fourth-order valence-corrected chi connectivity index (χ4v) is 5.57. The lowest BCUT2D eigenvalue weighted by atomic mass is 9.65. The van der Waals surface area contributed by atoms with E-state index >= 15 is 0 Å². The summed E-state index contributed by atoms with van der Waals surface area (Å²) in [5, 5.41) is 5.21. The molecule has 2 N–H and O–H groups in total. The number of urea groups is 1. The average Bonchev–Trinajstić information content (AvgIpc) is 3.14. The van der Waals surface area contributed by atoms with Gasteiger partial charge in [-0.05, 0) is 75.2 Å². The Labute approximate surface area is 201 Å². The molecule has 0 radical (unpaired) electrons. The quantitative estimate of drug-likeness (QED) is 0.562. The molecule has 0 unspecified atom stereocenters. The van der Waals surface area contributed by atoms with Crippen molar-refractivity contribution >= 4 is 11.7 Å². The topological polar surface area (TPSA) is 62.8 Å². The number of nitrogens with one attached hydrogen (secondary N) is 2. The van der Waals surface area contributed by atoms with Gasteiger partial charge in [-0.3, -0.25) is 0 Å². The Morgan fingerprint density at radius 1 is 1.09 bits per heavy atom. The highest BCUT2D eigenvalue weighted by Crippen LogP contribution is 2.49. The highest BCUT2D eigenvalue weighted by atomic mass is 19.4. The van der Waals surface area contributed by atoms with E-state index in [4.69, 9.17) is 9.47 Å². The molecule has 0 bridgehead atoms. The first kappa shape index (κ1) is 25.1. The van der Waals surface area contributed by atoms with Crippen LogP contribution in [0.25, 0.3) is 0 Å². The third-order valence-corrected chi connectivity index (χ3v) is 7.30. The number of carbonyl (C=O) groups is 1. The second-order valence-corrected chi connectivity index (χ2v) is 9.27. The lowest BCUT2D eigenvalue weighted by molar-refractivity contribution is -0.137. The Kier molecular flexibility index (Phi) is 6.86. The van der Waals surface area contributed by atoms with E-state index < -0.39 is 23.6 Å². The summed E-state index contributed by atoms with van der Waals surface area (Å²) in [6.45, 7) is 0.904. The molecule has 1 saturated heterocycles. The molecule has 1 aliphatic carbocycles. The highest BCUT2D eigenvalue weighted by Gasteiger charge is 2.50. The number of hydrogen-bond acceptors (Lipinski definition) is 4. The number of amides is 2. The van der Waals surface area contributed by atoms with Crippen molar-refractivity contribution in [1.82, 2.24) is 10.2 Å². The molecule has 2 aliphatic rings. The average molecular weight is 496 g/mol. The van der Waals surface area contributed by atoms with E-state index in [-0.39, 0.29) is 23.2 Å². The molecule has 0 spiro atoms. The zero-order chi connectivity index (χ0) is 25.4. The van der Waals surface area contributed by atoms with Gasteiger partial charge in [0.25, 0.3) is 0 Å². The van der Waals surface area contributed by atoms with Crippen LogP contribution in [0.1, 0.15) is 36.8 Å². The van der Waals surface area contributed by atoms with E-state index in [1.807, 2.05) is 12.1 Å². The molecule has 2 fully saturated rings. The number of anilines is 1. The summed E-state index contributed by atoms with van der Waals surface area (Å²) in [5.74, 6) is 0.259. The van der Waals surface area contributed by atoms with E-state index in [0.29, 0.717) is 30.4 Å². The first-order valence-electron chi connectivity index (χ1n) is 11.4. The normalized spacial score (nSPS) is 24.5. The van der Waals surface area contributed by atoms with Gasteiger partial charge in [-0.15, -0.1) is 0 Å². The maximum Gasteiger partial charge on any atom is 0.416 e. The summed E-state index contributed by atoms with van der Waals surface area (Å²) in [7, 11) is 5.26. The van der Waals surface area contributed by atoms with Crippen molar-refractivity contribution in [2.45, 2.75) is 49.4 Å². The van der Waals surface area contributed by atoms with Gasteiger partial charge in [-0.2, -0.15) is 13.2 Å². The van der Waals surface area contributed by atoms with E-state index in [2.05, 4.69) is 28.6 Å². The van der Waals surface area contributed by atoms with Crippen molar-refractivity contribution in [3.63, 3.8) is 0 Å². The lowest BCUT2D eigenvalue weighted by Gasteiger charge is -2.45. The number of likely N-dealkylation sites (N-methyl/N-ethyl adjacent to an activating group) is 1. The van der Waals surface area contributed by atoms with Crippen LogP contribution in [-0.4, -0.2) is 50.8 Å². The van der Waals surface area contributed by atoms with Crippen molar-refractivity contribution in [3.8, 4) is 11.5 Å². The van der Waals surface area contributed by atoms with E-state index in [1.165, 1.54) is 0 Å². The molecule has 190 valence electrons. The maximum absolute atomic E-state index is 13.7. The van der Waals surface area contributed by atoms with Crippen LogP contribution in [-0.2, 0) is 11.6 Å². The number of halogens is 4. The van der Waals surface area contributed by atoms with Gasteiger partial charge in [-0.25, -0.2) is 9.18 Å². The molecule has 10 heteroatoms. The van der Waals surface area contributed by atoms with E-state index in [0.717, 1.165) is 37.1 Å². The smallest absolute Gasteiger partial charge is 0.416 e. The molecular weight excluding hydrogens is 466 g/mol. The summed E-state index contributed by atoms with van der Waals surface area (Å²) in [6, 6.07) is 7.30. The minimum Gasteiger partial charge on any atom is -0.493 e. The number of nitrogens with zero attached hydrogens (tertiary/aromatic N) is 1. The zero-order valence-electron chi connectivity index (χ0n) is 19.8. The van der Waals surface area contributed by atoms with Crippen molar-refractivity contribution in [1.29, 1.82) is 0 Å². The van der Waals surface area contributed by atoms with Gasteiger partial charge in [0.15, 0.2) is 11.5 Å². The molecule has 0 aromatic heterocycles. The van der Waals surface area contributed by atoms with Gasteiger partial charge < -0.3 is 25.0 Å². The van der Waals surface area contributed by atoms with Crippen LogP contribution in [0.2, 0.25) is 0 Å². The molecule has 35 heavy (non-hydrogen) atoms. The SMILES string of the molecule is COc1ccc([C@]23CC[C@H](NC(=O)Nc4cc(F)cc(C(F)(F)F)c4)C[C@H]2N(C)CC3)cc1OC. The van der Waals surface area contributed by atoms with Gasteiger partial charge in [0.1, 0.15) is 5.82 Å². The molecule has 2 amide bonds. The fourth-order valence-electron chi connectivity index (χ4n) is 5.57.